The van der Waals surface area contributed by atoms with Crippen molar-refractivity contribution < 1.29 is 23.0 Å². The van der Waals surface area contributed by atoms with Crippen LogP contribution in [0, 0.1) is 11.6 Å². The first-order valence-corrected chi connectivity index (χ1v) is 11.7. The van der Waals surface area contributed by atoms with Crippen molar-refractivity contribution in [2.24, 2.45) is 0 Å². The van der Waals surface area contributed by atoms with E-state index in [1.807, 2.05) is 0 Å². The Morgan fingerprint density at radius 2 is 1.95 bits per heavy atom. The van der Waals surface area contributed by atoms with E-state index in [9.17, 15) is 18.4 Å². The Bertz CT molecular complexity index is 1600. The Morgan fingerprint density at radius 1 is 1.11 bits per heavy atom. The van der Waals surface area contributed by atoms with Gasteiger partial charge >= 0.3 is 0 Å². The van der Waals surface area contributed by atoms with Gasteiger partial charge in [-0.1, -0.05) is 6.07 Å². The van der Waals surface area contributed by atoms with E-state index in [0.29, 0.717) is 48.6 Å². The number of pyridine rings is 1. The smallest absolute Gasteiger partial charge is 0.269 e. The summed E-state index contributed by atoms with van der Waals surface area (Å²) in [6.45, 7) is 1.04. The summed E-state index contributed by atoms with van der Waals surface area (Å²) in [7, 11) is 0. The van der Waals surface area contributed by atoms with Crippen LogP contribution in [0.3, 0.4) is 0 Å². The molecule has 0 saturated carbocycles. The van der Waals surface area contributed by atoms with Gasteiger partial charge in [0.15, 0.2) is 17.3 Å². The third kappa shape index (κ3) is 4.20. The predicted octanol–water partition coefficient (Wildman–Crippen LogP) is 4.03. The van der Waals surface area contributed by atoms with Crippen LogP contribution in [0.25, 0.3) is 5.69 Å². The molecule has 0 unspecified atom stereocenters. The average Bonchev–Trinajstić information content (AvgIpc) is 3.56. The highest BCUT2D eigenvalue weighted by molar-refractivity contribution is 6.00. The predicted molar refractivity (Wildman–Crippen MR) is 130 cm³/mol. The minimum atomic E-state index is -0.665. The molecule has 0 spiro atoms. The number of halogens is 2. The zero-order valence-electron chi connectivity index (χ0n) is 19.5. The number of hydrogen-bond acceptors (Lipinski definition) is 7. The number of nitrogens with zero attached hydrogens (tertiary/aromatic N) is 3. The Kier molecular flexibility index (Phi) is 5.63. The number of fused-ring (bicyclic) bond motifs is 2. The van der Waals surface area contributed by atoms with E-state index in [4.69, 9.17) is 9.47 Å². The van der Waals surface area contributed by atoms with Gasteiger partial charge in [-0.15, -0.1) is 0 Å². The topological polar surface area (TPSA) is 95.3 Å². The number of Topliss-reactive ketones (excluding diaryl/α,β-unsaturated/α-hetero) is 1. The average molecular weight is 502 g/mol. The van der Waals surface area contributed by atoms with Crippen molar-refractivity contribution in [3.8, 4) is 23.1 Å². The van der Waals surface area contributed by atoms with Gasteiger partial charge in [0.25, 0.3) is 5.56 Å². The number of ether oxygens (including phenoxy) is 2. The number of hydrogen-bond donors (Lipinski definition) is 1. The third-order valence-corrected chi connectivity index (χ3v) is 6.38. The third-order valence-electron chi connectivity index (χ3n) is 6.38. The minimum absolute atomic E-state index is 0.0356. The maximum absolute atomic E-state index is 14.9. The summed E-state index contributed by atoms with van der Waals surface area (Å²) in [6.07, 6.45) is 3.93. The zero-order chi connectivity index (χ0) is 25.5. The molecule has 0 amide bonds. The first kappa shape index (κ1) is 22.8. The molecule has 0 bridgehead atoms. The van der Waals surface area contributed by atoms with E-state index in [1.165, 1.54) is 47.3 Å². The van der Waals surface area contributed by atoms with Crippen LogP contribution in [-0.2, 0) is 19.3 Å². The van der Waals surface area contributed by atoms with Crippen molar-refractivity contribution in [2.45, 2.75) is 19.3 Å². The van der Waals surface area contributed by atoms with Crippen molar-refractivity contribution in [1.29, 1.82) is 0 Å². The van der Waals surface area contributed by atoms with Crippen LogP contribution in [0.5, 0.6) is 17.4 Å². The van der Waals surface area contributed by atoms with Crippen molar-refractivity contribution in [1.82, 2.24) is 14.5 Å². The second-order valence-electron chi connectivity index (χ2n) is 8.76. The molecule has 0 fully saturated rings. The number of aromatic nitrogens is 3. The number of anilines is 1. The molecule has 0 radical (unpaired) electrons. The first-order chi connectivity index (χ1) is 18.0. The Balaban J connectivity index is 1.29. The lowest BCUT2D eigenvalue weighted by Crippen LogP contribution is -2.27. The molecule has 4 heterocycles. The maximum atomic E-state index is 14.9. The molecule has 1 N–H and O–H groups in total. The highest BCUT2D eigenvalue weighted by Crippen LogP contribution is 2.33. The number of ketones is 1. The van der Waals surface area contributed by atoms with Crippen molar-refractivity contribution >= 4 is 11.6 Å². The molecule has 4 aromatic rings. The first-order valence-electron chi connectivity index (χ1n) is 11.7. The summed E-state index contributed by atoms with van der Waals surface area (Å²) < 4.78 is 41.0. The van der Waals surface area contributed by atoms with Gasteiger partial charge in [0, 0.05) is 36.8 Å². The summed E-state index contributed by atoms with van der Waals surface area (Å²) in [5.74, 6) is -0.457. The molecule has 0 aliphatic carbocycles. The summed E-state index contributed by atoms with van der Waals surface area (Å²) in [5, 5.41) is 3.11. The molecule has 2 aromatic heterocycles. The van der Waals surface area contributed by atoms with Crippen molar-refractivity contribution in [2.75, 3.05) is 18.5 Å². The highest BCUT2D eigenvalue weighted by Gasteiger charge is 2.27. The van der Waals surface area contributed by atoms with Crippen LogP contribution < -0.4 is 20.3 Å². The van der Waals surface area contributed by atoms with Crippen LogP contribution in [0.1, 0.15) is 27.0 Å². The number of carbonyl (C=O) groups excluding carboxylic acids is 1. The molecule has 186 valence electrons. The number of rotatable bonds is 6. The second kappa shape index (κ2) is 9.12. The molecule has 2 aliphatic rings. The van der Waals surface area contributed by atoms with Gasteiger partial charge in [-0.25, -0.2) is 18.7 Å². The van der Waals surface area contributed by atoms with Gasteiger partial charge in [0.2, 0.25) is 5.88 Å². The van der Waals surface area contributed by atoms with Crippen LogP contribution >= 0.6 is 0 Å². The van der Waals surface area contributed by atoms with E-state index >= 15 is 0 Å². The monoisotopic (exact) mass is 502 g/mol. The molecule has 2 aliphatic heterocycles. The van der Waals surface area contributed by atoms with Gasteiger partial charge in [0.1, 0.15) is 29.3 Å². The van der Waals surface area contributed by atoms with E-state index in [-0.39, 0.29) is 29.4 Å². The highest BCUT2D eigenvalue weighted by atomic mass is 19.1. The number of nitrogens with one attached hydrogen (secondary N) is 1. The van der Waals surface area contributed by atoms with E-state index in [1.54, 1.807) is 12.3 Å². The molecule has 0 atom stereocenters. The van der Waals surface area contributed by atoms with Crippen LogP contribution in [-0.4, -0.2) is 33.5 Å². The SMILES string of the molecule is O=C(Cc1ccc(Oc2ncnc3c2CCN3)c(F)c1)c1c2c(cn(-c3ccc(F)cc3)c1=O)CCO2. The standard InChI is InChI=1S/C27H20F2N4O4/c28-17-2-4-18(5-3-17)33-13-16-8-10-36-24(16)23(27(33)35)21(34)12-15-1-6-22(20(29)11-15)37-26-19-7-9-30-25(19)31-14-32-26/h1-6,11,13-14H,7-10,12H2,(H,30,31,32). The molecule has 2 aromatic carbocycles. The molecule has 6 rings (SSSR count). The Labute approximate surface area is 209 Å². The molecular weight excluding hydrogens is 482 g/mol. The maximum Gasteiger partial charge on any atom is 0.269 e. The molecule has 37 heavy (non-hydrogen) atoms. The fourth-order valence-corrected chi connectivity index (χ4v) is 4.58. The Morgan fingerprint density at radius 3 is 2.76 bits per heavy atom. The van der Waals surface area contributed by atoms with Crippen molar-refractivity contribution in [3.63, 3.8) is 0 Å². The van der Waals surface area contributed by atoms with Gasteiger partial charge in [-0.05, 0) is 48.4 Å². The van der Waals surface area contributed by atoms with Crippen LogP contribution in [0.4, 0.5) is 14.6 Å². The molecular formula is C27H20F2N4O4. The van der Waals surface area contributed by atoms with Crippen LogP contribution in [0.15, 0.2) is 59.8 Å². The fraction of sp³-hybridized carbons (Fsp3) is 0.185. The normalized spacial score (nSPS) is 13.5. The zero-order valence-corrected chi connectivity index (χ0v) is 19.5. The van der Waals surface area contributed by atoms with Gasteiger partial charge < -0.3 is 14.8 Å². The lowest BCUT2D eigenvalue weighted by Gasteiger charge is -2.13. The largest absolute Gasteiger partial charge is 0.492 e. The van der Waals surface area contributed by atoms with Crippen molar-refractivity contribution in [3.05, 3.63) is 99.2 Å². The molecule has 8 nitrogen and oxygen atoms in total. The van der Waals surface area contributed by atoms with Crippen LogP contribution in [0.2, 0.25) is 0 Å². The molecule has 0 saturated heterocycles. The fourth-order valence-electron chi connectivity index (χ4n) is 4.58. The minimum Gasteiger partial charge on any atom is -0.492 e. The van der Waals surface area contributed by atoms with E-state index < -0.39 is 23.0 Å². The van der Waals surface area contributed by atoms with Gasteiger partial charge in [-0.3, -0.25) is 14.2 Å². The van der Waals surface area contributed by atoms with E-state index in [0.717, 1.165) is 5.56 Å². The number of carbonyl (C=O) groups is 1. The summed E-state index contributed by atoms with van der Waals surface area (Å²) in [6, 6.07) is 9.61. The summed E-state index contributed by atoms with van der Waals surface area (Å²) in [4.78, 5) is 34.9. The second-order valence-corrected chi connectivity index (χ2v) is 8.76. The van der Waals surface area contributed by atoms with E-state index in [2.05, 4.69) is 15.3 Å². The van der Waals surface area contributed by atoms with Gasteiger partial charge in [-0.2, -0.15) is 0 Å². The Hall–Kier alpha value is -4.60. The summed E-state index contributed by atoms with van der Waals surface area (Å²) >= 11 is 0. The summed E-state index contributed by atoms with van der Waals surface area (Å²) in [5.41, 5.74) is 1.58. The van der Waals surface area contributed by atoms with Gasteiger partial charge in [0.05, 0.1) is 12.2 Å². The number of benzene rings is 2. The molecule has 10 heteroatoms. The lowest BCUT2D eigenvalue weighted by atomic mass is 10.0. The lowest BCUT2D eigenvalue weighted by molar-refractivity contribution is 0.0988. The quantitative estimate of drug-likeness (QED) is 0.398.